The van der Waals surface area contributed by atoms with Crippen LogP contribution in [0, 0.1) is 0 Å². The van der Waals surface area contributed by atoms with Crippen molar-refractivity contribution in [1.82, 2.24) is 0 Å². The molecule has 0 amide bonds. The van der Waals surface area contributed by atoms with Gasteiger partial charge in [0.15, 0.2) is 6.29 Å². The van der Waals surface area contributed by atoms with E-state index < -0.39 is 25.1 Å². The van der Waals surface area contributed by atoms with Gasteiger partial charge in [-0.25, -0.2) is 0 Å². The molecule has 22 heavy (non-hydrogen) atoms. The Morgan fingerprint density at radius 3 is 1.77 bits per heavy atom. The molecule has 0 aliphatic rings. The van der Waals surface area contributed by atoms with Crippen molar-refractivity contribution in [1.29, 1.82) is 0 Å². The molecule has 2 aromatic carbocycles. The van der Waals surface area contributed by atoms with Crippen LogP contribution in [0.15, 0.2) is 52.3 Å². The van der Waals surface area contributed by atoms with E-state index in [2.05, 4.69) is 0 Å². The maximum Gasteiger partial charge on any atom is 0.295 e. The summed E-state index contributed by atoms with van der Waals surface area (Å²) in [5.74, 6) is 0. The van der Waals surface area contributed by atoms with Gasteiger partial charge in [-0.15, -0.1) is 0 Å². The van der Waals surface area contributed by atoms with Gasteiger partial charge in [0.05, 0.1) is 4.90 Å². The molecule has 2 rings (SSSR count). The van der Waals surface area contributed by atoms with Gasteiger partial charge in [0.25, 0.3) is 20.2 Å². The summed E-state index contributed by atoms with van der Waals surface area (Å²) in [6.07, 6.45) is 0.300. The Morgan fingerprint density at radius 2 is 1.32 bits per heavy atom. The molecular weight excluding hydrogens is 332 g/mol. The fraction of sp³-hybridized carbons (Fsp3) is 0. The second-order valence-electron chi connectivity index (χ2n) is 4.34. The lowest BCUT2D eigenvalue weighted by Gasteiger charge is -2.07. The number of hydrogen-bond acceptors (Lipinski definition) is 5. The first kappa shape index (κ1) is 16.3. The van der Waals surface area contributed by atoms with Crippen LogP contribution in [0.5, 0.6) is 0 Å². The van der Waals surface area contributed by atoms with E-state index in [0.29, 0.717) is 17.4 Å². The molecule has 0 unspecified atom stereocenters. The monoisotopic (exact) mass is 342 g/mol. The fourth-order valence-corrected chi connectivity index (χ4v) is 3.02. The lowest BCUT2D eigenvalue weighted by Crippen LogP contribution is -2.03. The predicted molar refractivity (Wildman–Crippen MR) is 76.9 cm³/mol. The highest BCUT2D eigenvalue weighted by Crippen LogP contribution is 2.25. The zero-order valence-corrected chi connectivity index (χ0v) is 12.5. The van der Waals surface area contributed by atoms with Gasteiger partial charge in [-0.3, -0.25) is 13.9 Å². The van der Waals surface area contributed by atoms with E-state index in [0.717, 1.165) is 18.2 Å². The molecule has 0 spiro atoms. The fourth-order valence-electron chi connectivity index (χ4n) is 1.85. The molecule has 2 aromatic rings. The van der Waals surface area contributed by atoms with Crippen LogP contribution >= 0.6 is 0 Å². The number of hydrogen-bond donors (Lipinski definition) is 2. The largest absolute Gasteiger partial charge is 0.298 e. The highest BCUT2D eigenvalue weighted by molar-refractivity contribution is 7.86. The first-order valence-corrected chi connectivity index (χ1v) is 8.65. The maximum atomic E-state index is 11.3. The molecule has 0 saturated carbocycles. The molecule has 0 heterocycles. The van der Waals surface area contributed by atoms with E-state index >= 15 is 0 Å². The Balaban J connectivity index is 2.57. The van der Waals surface area contributed by atoms with Crippen molar-refractivity contribution in [2.24, 2.45) is 0 Å². The second kappa shape index (κ2) is 5.61. The number of carbonyl (C=O) groups is 1. The number of carbonyl (C=O) groups excluding carboxylic acids is 1. The predicted octanol–water partition coefficient (Wildman–Crippen LogP) is 1.66. The Labute approximate surface area is 126 Å². The Hall–Kier alpha value is -2.07. The molecule has 7 nitrogen and oxygen atoms in total. The number of aldehydes is 1. The van der Waals surface area contributed by atoms with Crippen molar-refractivity contribution in [2.45, 2.75) is 9.79 Å². The Morgan fingerprint density at radius 1 is 0.773 bits per heavy atom. The summed E-state index contributed by atoms with van der Waals surface area (Å²) in [6, 6.07) is 8.76. The van der Waals surface area contributed by atoms with Crippen LogP contribution in [-0.4, -0.2) is 32.2 Å². The van der Waals surface area contributed by atoms with Gasteiger partial charge in [0.1, 0.15) is 4.90 Å². The molecule has 0 bridgehead atoms. The standard InChI is InChI=1S/C13H10O7S2/c14-8-11-2-1-10(7-13(11)22(18,19)20)9-3-5-12(6-4-9)21(15,16)17/h1-8H,(H,15,16,17)(H,18,19,20). The molecule has 0 aliphatic heterocycles. The molecule has 0 aromatic heterocycles. The molecule has 0 saturated heterocycles. The quantitative estimate of drug-likeness (QED) is 0.639. The normalized spacial score (nSPS) is 12.1. The highest BCUT2D eigenvalue weighted by Gasteiger charge is 2.17. The summed E-state index contributed by atoms with van der Waals surface area (Å²) in [5, 5.41) is 0. The van der Waals surface area contributed by atoms with Crippen LogP contribution in [0.4, 0.5) is 0 Å². The highest BCUT2D eigenvalue weighted by atomic mass is 32.2. The Kier molecular flexibility index (Phi) is 4.16. The van der Waals surface area contributed by atoms with E-state index in [9.17, 15) is 21.6 Å². The number of benzene rings is 2. The van der Waals surface area contributed by atoms with Gasteiger partial charge in [-0.05, 0) is 35.4 Å². The lowest BCUT2D eigenvalue weighted by atomic mass is 10.0. The SMILES string of the molecule is O=Cc1ccc(-c2ccc(S(=O)(=O)O)cc2)cc1S(=O)(=O)O. The van der Waals surface area contributed by atoms with Gasteiger partial charge >= 0.3 is 0 Å². The maximum absolute atomic E-state index is 11.3. The molecule has 116 valence electrons. The van der Waals surface area contributed by atoms with Gasteiger partial charge in [-0.2, -0.15) is 16.8 Å². The average Bonchev–Trinajstić information content (AvgIpc) is 2.45. The van der Waals surface area contributed by atoms with E-state index in [-0.39, 0.29) is 10.5 Å². The third-order valence-electron chi connectivity index (χ3n) is 2.90. The molecule has 2 N–H and O–H groups in total. The topological polar surface area (TPSA) is 126 Å². The second-order valence-corrected chi connectivity index (χ2v) is 7.16. The van der Waals surface area contributed by atoms with Crippen LogP contribution in [0.25, 0.3) is 11.1 Å². The van der Waals surface area contributed by atoms with Crippen LogP contribution < -0.4 is 0 Å². The van der Waals surface area contributed by atoms with Crippen molar-refractivity contribution in [3.8, 4) is 11.1 Å². The van der Waals surface area contributed by atoms with Crippen molar-refractivity contribution in [3.05, 3.63) is 48.0 Å². The summed E-state index contributed by atoms with van der Waals surface area (Å²) >= 11 is 0. The Bertz CT molecular complexity index is 927. The van der Waals surface area contributed by atoms with Crippen molar-refractivity contribution in [2.75, 3.05) is 0 Å². The zero-order valence-electron chi connectivity index (χ0n) is 10.9. The summed E-state index contributed by atoms with van der Waals surface area (Å²) < 4.78 is 62.5. The van der Waals surface area contributed by atoms with E-state index in [1.807, 2.05) is 0 Å². The molecule has 0 atom stereocenters. The van der Waals surface area contributed by atoms with Gasteiger partial charge in [0, 0.05) is 5.56 Å². The van der Waals surface area contributed by atoms with Crippen molar-refractivity contribution in [3.63, 3.8) is 0 Å². The molecule has 0 radical (unpaired) electrons. The minimum Gasteiger partial charge on any atom is -0.298 e. The molecule has 0 fully saturated rings. The minimum absolute atomic E-state index is 0.194. The van der Waals surface area contributed by atoms with E-state index in [4.69, 9.17) is 9.11 Å². The van der Waals surface area contributed by atoms with Crippen LogP contribution in [0.2, 0.25) is 0 Å². The van der Waals surface area contributed by atoms with Gasteiger partial charge < -0.3 is 0 Å². The minimum atomic E-state index is -4.57. The first-order chi connectivity index (χ1) is 10.1. The first-order valence-electron chi connectivity index (χ1n) is 5.77. The summed E-state index contributed by atoms with van der Waals surface area (Å²) in [4.78, 5) is 9.95. The van der Waals surface area contributed by atoms with Crippen molar-refractivity contribution < 1.29 is 30.7 Å². The van der Waals surface area contributed by atoms with Crippen LogP contribution in [0.1, 0.15) is 10.4 Å². The van der Waals surface area contributed by atoms with E-state index in [1.54, 1.807) is 0 Å². The molecule has 0 aliphatic carbocycles. The molecule has 9 heteroatoms. The summed E-state index contributed by atoms with van der Waals surface area (Å²) in [6.45, 7) is 0. The van der Waals surface area contributed by atoms with Crippen LogP contribution in [0.3, 0.4) is 0 Å². The molecular formula is C13H10O7S2. The smallest absolute Gasteiger partial charge is 0.295 e. The third-order valence-corrected chi connectivity index (χ3v) is 4.68. The lowest BCUT2D eigenvalue weighted by molar-refractivity contribution is 0.112. The average molecular weight is 342 g/mol. The third kappa shape index (κ3) is 3.39. The van der Waals surface area contributed by atoms with E-state index in [1.165, 1.54) is 24.3 Å². The van der Waals surface area contributed by atoms with Gasteiger partial charge in [-0.1, -0.05) is 18.2 Å². The summed E-state index contributed by atoms with van der Waals surface area (Å²) in [7, 11) is -8.90. The van der Waals surface area contributed by atoms with Gasteiger partial charge in [0.2, 0.25) is 0 Å². The zero-order chi connectivity index (χ0) is 16.5. The van der Waals surface area contributed by atoms with Crippen molar-refractivity contribution >= 4 is 26.5 Å². The van der Waals surface area contributed by atoms with Crippen LogP contribution in [-0.2, 0) is 20.2 Å². The number of rotatable bonds is 4. The summed E-state index contributed by atoms with van der Waals surface area (Å²) in [5.41, 5.74) is 0.593.